The quantitative estimate of drug-likeness (QED) is 0.219. The van der Waals surface area contributed by atoms with Gasteiger partial charge < -0.3 is 14.2 Å². The number of hydrogen-bond acceptors (Lipinski definition) is 8. The van der Waals surface area contributed by atoms with Crippen molar-refractivity contribution in [2.75, 3.05) is 6.61 Å². The van der Waals surface area contributed by atoms with Gasteiger partial charge in [-0.1, -0.05) is 0 Å². The number of halogens is 1. The molecule has 8 nitrogen and oxygen atoms in total. The van der Waals surface area contributed by atoms with Crippen LogP contribution in [0.25, 0.3) is 0 Å². The fourth-order valence-corrected chi connectivity index (χ4v) is 1.19. The fraction of sp³-hybridized carbons (Fsp3) is 0.417. The van der Waals surface area contributed by atoms with Crippen LogP contribution >= 0.6 is 15.9 Å². The van der Waals surface area contributed by atoms with Crippen LogP contribution in [-0.4, -0.2) is 40.8 Å². The van der Waals surface area contributed by atoms with Crippen molar-refractivity contribution in [1.29, 1.82) is 0 Å². The van der Waals surface area contributed by atoms with Crippen molar-refractivity contribution < 1.29 is 38.2 Å². The van der Waals surface area contributed by atoms with Gasteiger partial charge in [-0.2, -0.15) is 0 Å². The normalized spacial score (nSPS) is 13.1. The zero-order valence-corrected chi connectivity index (χ0v) is 13.1. The van der Waals surface area contributed by atoms with Crippen LogP contribution in [0.3, 0.4) is 0 Å². The van der Waals surface area contributed by atoms with Gasteiger partial charge in [-0.05, 0) is 29.8 Å². The van der Waals surface area contributed by atoms with Gasteiger partial charge >= 0.3 is 23.9 Å². The second-order valence-corrected chi connectivity index (χ2v) is 4.41. The van der Waals surface area contributed by atoms with E-state index < -0.39 is 34.2 Å². The van der Waals surface area contributed by atoms with Crippen LogP contribution in [0.15, 0.2) is 12.2 Å². The topological polar surface area (TPSA) is 113 Å². The standard InChI is InChI=1S/C12H13BrO8/c1-4-19-8(15)5-6-9(16)21-12(3,10(13)17)11(18)20-7(2)14/h5-6H,4H2,1-3H3. The van der Waals surface area contributed by atoms with Crippen molar-refractivity contribution in [3.8, 4) is 0 Å². The Morgan fingerprint density at radius 2 is 1.62 bits per heavy atom. The molecule has 0 heterocycles. The lowest BCUT2D eigenvalue weighted by Crippen LogP contribution is -2.47. The van der Waals surface area contributed by atoms with Gasteiger partial charge in [0.15, 0.2) is 0 Å². The Labute approximate surface area is 128 Å². The first-order valence-electron chi connectivity index (χ1n) is 5.64. The lowest BCUT2D eigenvalue weighted by atomic mass is 10.1. The molecule has 0 fully saturated rings. The summed E-state index contributed by atoms with van der Waals surface area (Å²) in [6, 6.07) is 0. The van der Waals surface area contributed by atoms with Crippen LogP contribution in [0.1, 0.15) is 20.8 Å². The highest BCUT2D eigenvalue weighted by molar-refractivity contribution is 9.18. The maximum Gasteiger partial charge on any atom is 0.366 e. The summed E-state index contributed by atoms with van der Waals surface area (Å²) in [4.78, 5) is 56.2. The van der Waals surface area contributed by atoms with Crippen molar-refractivity contribution in [2.45, 2.75) is 26.4 Å². The molecule has 0 aliphatic heterocycles. The highest BCUT2D eigenvalue weighted by atomic mass is 79.9. The van der Waals surface area contributed by atoms with E-state index in [1.807, 2.05) is 0 Å². The molecule has 0 aliphatic carbocycles. The number of esters is 4. The lowest BCUT2D eigenvalue weighted by Gasteiger charge is -2.21. The second-order valence-electron chi connectivity index (χ2n) is 3.69. The Morgan fingerprint density at radius 1 is 1.10 bits per heavy atom. The molecule has 0 rings (SSSR count). The molecule has 0 aromatic rings. The van der Waals surface area contributed by atoms with Crippen LogP contribution < -0.4 is 0 Å². The first-order chi connectivity index (χ1) is 9.63. The summed E-state index contributed by atoms with van der Waals surface area (Å²) in [5.74, 6) is -4.31. The second kappa shape index (κ2) is 8.30. The number of hydrogen-bond donors (Lipinski definition) is 0. The zero-order valence-electron chi connectivity index (χ0n) is 11.5. The van der Waals surface area contributed by atoms with E-state index in [0.29, 0.717) is 6.08 Å². The van der Waals surface area contributed by atoms with E-state index in [9.17, 15) is 24.0 Å². The number of rotatable bonds is 6. The third-order valence-electron chi connectivity index (χ3n) is 1.95. The molecule has 21 heavy (non-hydrogen) atoms. The summed E-state index contributed by atoms with van der Waals surface area (Å²) in [5.41, 5.74) is -2.36. The number of ether oxygens (including phenoxy) is 3. The molecule has 0 aromatic carbocycles. The molecule has 9 heteroatoms. The first-order valence-corrected chi connectivity index (χ1v) is 6.43. The molecule has 0 bridgehead atoms. The van der Waals surface area contributed by atoms with Gasteiger partial charge in [-0.3, -0.25) is 9.59 Å². The van der Waals surface area contributed by atoms with Crippen molar-refractivity contribution in [3.05, 3.63) is 12.2 Å². The maximum absolute atomic E-state index is 11.6. The third kappa shape index (κ3) is 6.30. The summed E-state index contributed by atoms with van der Waals surface area (Å²) in [5, 5.41) is 0. The van der Waals surface area contributed by atoms with Crippen LogP contribution in [0.2, 0.25) is 0 Å². The molecule has 0 saturated heterocycles. The monoisotopic (exact) mass is 364 g/mol. The van der Waals surface area contributed by atoms with Gasteiger partial charge in [0.25, 0.3) is 10.3 Å². The highest BCUT2D eigenvalue weighted by Crippen LogP contribution is 2.19. The minimum Gasteiger partial charge on any atom is -0.463 e. The summed E-state index contributed by atoms with van der Waals surface area (Å²) in [7, 11) is 0. The van der Waals surface area contributed by atoms with Crippen molar-refractivity contribution in [1.82, 2.24) is 0 Å². The average molecular weight is 365 g/mol. The Hall–Kier alpha value is -2.03. The largest absolute Gasteiger partial charge is 0.463 e. The summed E-state index contributed by atoms with van der Waals surface area (Å²) >= 11 is 2.48. The molecule has 116 valence electrons. The van der Waals surface area contributed by atoms with Gasteiger partial charge in [0, 0.05) is 19.1 Å². The predicted molar refractivity (Wildman–Crippen MR) is 71.0 cm³/mol. The highest BCUT2D eigenvalue weighted by Gasteiger charge is 2.46. The van der Waals surface area contributed by atoms with Crippen LogP contribution in [0.5, 0.6) is 0 Å². The molecule has 0 aliphatic rings. The number of carbonyl (C=O) groups is 5. The Balaban J connectivity index is 4.97. The van der Waals surface area contributed by atoms with Crippen molar-refractivity contribution >= 4 is 44.5 Å². The van der Waals surface area contributed by atoms with Gasteiger partial charge in [0.2, 0.25) is 0 Å². The fourth-order valence-electron chi connectivity index (χ4n) is 0.952. The molecule has 0 N–H and O–H groups in total. The van der Waals surface area contributed by atoms with Gasteiger partial charge in [-0.25, -0.2) is 14.4 Å². The van der Waals surface area contributed by atoms with Gasteiger partial charge in [0.1, 0.15) is 0 Å². The van der Waals surface area contributed by atoms with E-state index in [1.165, 1.54) is 0 Å². The Bertz CT molecular complexity index is 495. The Kier molecular flexibility index (Phi) is 7.50. The van der Waals surface area contributed by atoms with E-state index >= 15 is 0 Å². The first kappa shape index (κ1) is 19.0. The molecule has 0 amide bonds. The molecule has 0 spiro atoms. The third-order valence-corrected chi connectivity index (χ3v) is 2.70. The number of carbonyl (C=O) groups excluding carboxylic acids is 5. The SMILES string of the molecule is CCOC(=O)C=CC(=O)OC(C)(C(=O)Br)C(=O)OC(C)=O. The zero-order chi connectivity index (χ0) is 16.6. The molecule has 0 saturated carbocycles. The molecule has 0 radical (unpaired) electrons. The molecule has 1 atom stereocenters. The lowest BCUT2D eigenvalue weighted by molar-refractivity contribution is -0.181. The molecular weight excluding hydrogens is 352 g/mol. The van der Waals surface area contributed by atoms with E-state index in [4.69, 9.17) is 0 Å². The smallest absolute Gasteiger partial charge is 0.366 e. The minimum atomic E-state index is -2.36. The summed E-state index contributed by atoms with van der Waals surface area (Å²) < 4.78 is 12.3. The van der Waals surface area contributed by atoms with Crippen LogP contribution in [0.4, 0.5) is 0 Å². The molecule has 1 unspecified atom stereocenters. The van der Waals surface area contributed by atoms with E-state index in [2.05, 4.69) is 30.1 Å². The van der Waals surface area contributed by atoms with Crippen LogP contribution in [0, 0.1) is 0 Å². The van der Waals surface area contributed by atoms with Gasteiger partial charge in [-0.15, -0.1) is 0 Å². The van der Waals surface area contributed by atoms with Gasteiger partial charge in [0.05, 0.1) is 6.61 Å². The van der Waals surface area contributed by atoms with Crippen molar-refractivity contribution in [2.24, 2.45) is 0 Å². The average Bonchev–Trinajstić information content (AvgIpc) is 2.35. The minimum absolute atomic E-state index is 0.112. The molecule has 0 aromatic heterocycles. The summed E-state index contributed by atoms with van der Waals surface area (Å²) in [6.07, 6.45) is 1.44. The van der Waals surface area contributed by atoms with Crippen LogP contribution in [-0.2, 0) is 38.2 Å². The Morgan fingerprint density at radius 3 is 2.05 bits per heavy atom. The predicted octanol–water partition coefficient (Wildman–Crippen LogP) is 0.419. The van der Waals surface area contributed by atoms with Crippen molar-refractivity contribution in [3.63, 3.8) is 0 Å². The molecular formula is C12H13BrO8. The van der Waals surface area contributed by atoms with E-state index in [-0.39, 0.29) is 6.61 Å². The van der Waals surface area contributed by atoms with E-state index in [0.717, 1.165) is 19.9 Å². The maximum atomic E-state index is 11.6. The van der Waals surface area contributed by atoms with E-state index in [1.54, 1.807) is 6.92 Å². The summed E-state index contributed by atoms with van der Waals surface area (Å²) in [6.45, 7) is 3.56.